The van der Waals surface area contributed by atoms with Gasteiger partial charge in [-0.05, 0) is 41.8 Å². The molecule has 2 aromatic carbocycles. The fourth-order valence-corrected chi connectivity index (χ4v) is 3.80. The number of rotatable bonds is 10. The molecule has 0 unspecified atom stereocenters. The van der Waals surface area contributed by atoms with Crippen LogP contribution in [0.4, 0.5) is 5.69 Å². The van der Waals surface area contributed by atoms with Gasteiger partial charge in [-0.3, -0.25) is 14.5 Å². The van der Waals surface area contributed by atoms with Crippen molar-refractivity contribution in [2.24, 2.45) is 0 Å². The van der Waals surface area contributed by atoms with Gasteiger partial charge in [0, 0.05) is 37.9 Å². The number of piperazine rings is 1. The van der Waals surface area contributed by atoms with E-state index in [9.17, 15) is 9.59 Å². The quantitative estimate of drug-likeness (QED) is 0.431. The van der Waals surface area contributed by atoms with Crippen molar-refractivity contribution in [2.75, 3.05) is 51.8 Å². The van der Waals surface area contributed by atoms with E-state index in [1.807, 2.05) is 42.5 Å². The number of methoxy groups -OCH3 is 1. The Morgan fingerprint density at radius 2 is 1.85 bits per heavy atom. The molecule has 1 saturated heterocycles. The molecule has 2 aromatic rings. The number of carbonyl (C=O) groups excluding carboxylic acids is 2. The molecule has 1 N–H and O–H groups in total. The molecule has 0 bridgehead atoms. The summed E-state index contributed by atoms with van der Waals surface area (Å²) in [6.07, 6.45) is 5.88. The molecule has 1 aliphatic heterocycles. The Morgan fingerprint density at radius 1 is 1.09 bits per heavy atom. The zero-order chi connectivity index (χ0) is 24.3. The summed E-state index contributed by atoms with van der Waals surface area (Å²) in [7, 11) is 1.58. The maximum atomic E-state index is 12.6. The molecule has 0 atom stereocenters. The first-order chi connectivity index (χ1) is 16.5. The van der Waals surface area contributed by atoms with E-state index in [1.54, 1.807) is 30.2 Å². The minimum absolute atomic E-state index is 0.0324. The fourth-order valence-electron chi connectivity index (χ4n) is 3.80. The maximum Gasteiger partial charge on any atom is 0.246 e. The number of carbonyl (C=O) groups is 2. The first-order valence-corrected chi connectivity index (χ1v) is 11.5. The SMILES string of the molecule is C=CCOc1ccc(/C=C/C(=O)N2CCN(CC(=O)Nc3ccccc3CC)CC2)cc1OC. The van der Waals surface area contributed by atoms with Crippen molar-refractivity contribution in [2.45, 2.75) is 13.3 Å². The molecule has 1 heterocycles. The van der Waals surface area contributed by atoms with Crippen molar-refractivity contribution >= 4 is 23.6 Å². The lowest BCUT2D eigenvalue weighted by molar-refractivity contribution is -0.127. The number of ether oxygens (including phenoxy) is 2. The molecule has 180 valence electrons. The van der Waals surface area contributed by atoms with Crippen LogP contribution in [-0.2, 0) is 16.0 Å². The van der Waals surface area contributed by atoms with Crippen LogP contribution < -0.4 is 14.8 Å². The molecule has 0 saturated carbocycles. The lowest BCUT2D eigenvalue weighted by atomic mass is 10.1. The largest absolute Gasteiger partial charge is 0.493 e. The first-order valence-electron chi connectivity index (χ1n) is 11.5. The summed E-state index contributed by atoms with van der Waals surface area (Å²) in [5, 5.41) is 3.01. The molecular formula is C27H33N3O4. The molecule has 34 heavy (non-hydrogen) atoms. The van der Waals surface area contributed by atoms with E-state index < -0.39 is 0 Å². The highest BCUT2D eigenvalue weighted by Crippen LogP contribution is 2.28. The van der Waals surface area contributed by atoms with Crippen LogP contribution in [-0.4, -0.2) is 68.1 Å². The fraction of sp³-hybridized carbons (Fsp3) is 0.333. The average molecular weight is 464 g/mol. The third kappa shape index (κ3) is 6.96. The zero-order valence-corrected chi connectivity index (χ0v) is 20.0. The Morgan fingerprint density at radius 3 is 2.56 bits per heavy atom. The summed E-state index contributed by atoms with van der Waals surface area (Å²) in [4.78, 5) is 29.0. The van der Waals surface area contributed by atoms with Gasteiger partial charge in [-0.2, -0.15) is 0 Å². The number of amides is 2. The lowest BCUT2D eigenvalue weighted by Crippen LogP contribution is -2.50. The van der Waals surface area contributed by atoms with E-state index in [4.69, 9.17) is 9.47 Å². The average Bonchev–Trinajstić information content (AvgIpc) is 2.86. The summed E-state index contributed by atoms with van der Waals surface area (Å²) >= 11 is 0. The number of para-hydroxylation sites is 1. The van der Waals surface area contributed by atoms with Crippen molar-refractivity contribution in [3.05, 3.63) is 72.3 Å². The van der Waals surface area contributed by atoms with Crippen LogP contribution in [0.5, 0.6) is 11.5 Å². The Bertz CT molecular complexity index is 1030. The summed E-state index contributed by atoms with van der Waals surface area (Å²) < 4.78 is 10.9. The second-order valence-corrected chi connectivity index (χ2v) is 8.00. The smallest absolute Gasteiger partial charge is 0.246 e. The van der Waals surface area contributed by atoms with Gasteiger partial charge in [0.15, 0.2) is 11.5 Å². The Labute approximate surface area is 201 Å². The number of nitrogens with zero attached hydrogens (tertiary/aromatic N) is 2. The Balaban J connectivity index is 1.48. The van der Waals surface area contributed by atoms with Gasteiger partial charge >= 0.3 is 0 Å². The molecule has 1 aliphatic rings. The summed E-state index contributed by atoms with van der Waals surface area (Å²) in [6.45, 7) is 8.90. The summed E-state index contributed by atoms with van der Waals surface area (Å²) in [5.41, 5.74) is 2.83. The van der Waals surface area contributed by atoms with E-state index >= 15 is 0 Å². The third-order valence-corrected chi connectivity index (χ3v) is 5.69. The van der Waals surface area contributed by atoms with E-state index in [0.717, 1.165) is 23.2 Å². The molecular weight excluding hydrogens is 430 g/mol. The maximum absolute atomic E-state index is 12.6. The number of hydrogen-bond acceptors (Lipinski definition) is 5. The van der Waals surface area contributed by atoms with Crippen LogP contribution in [0.2, 0.25) is 0 Å². The highest BCUT2D eigenvalue weighted by molar-refractivity contribution is 5.93. The Hall–Kier alpha value is -3.58. The molecule has 0 aromatic heterocycles. The van der Waals surface area contributed by atoms with E-state index in [0.29, 0.717) is 50.8 Å². The van der Waals surface area contributed by atoms with Gasteiger partial charge in [0.05, 0.1) is 13.7 Å². The highest BCUT2D eigenvalue weighted by atomic mass is 16.5. The monoisotopic (exact) mass is 463 g/mol. The number of nitrogens with one attached hydrogen (secondary N) is 1. The predicted octanol–water partition coefficient (Wildman–Crippen LogP) is 3.62. The van der Waals surface area contributed by atoms with Crippen molar-refractivity contribution in [3.63, 3.8) is 0 Å². The van der Waals surface area contributed by atoms with Crippen LogP contribution >= 0.6 is 0 Å². The van der Waals surface area contributed by atoms with Crippen LogP contribution in [0, 0.1) is 0 Å². The number of aryl methyl sites for hydroxylation is 1. The molecule has 7 heteroatoms. The number of benzene rings is 2. The molecule has 7 nitrogen and oxygen atoms in total. The van der Waals surface area contributed by atoms with Gasteiger partial charge in [0.25, 0.3) is 0 Å². The second-order valence-electron chi connectivity index (χ2n) is 8.00. The van der Waals surface area contributed by atoms with Gasteiger partial charge in [0.2, 0.25) is 11.8 Å². The highest BCUT2D eigenvalue weighted by Gasteiger charge is 2.21. The van der Waals surface area contributed by atoms with Crippen molar-refractivity contribution in [1.29, 1.82) is 0 Å². The third-order valence-electron chi connectivity index (χ3n) is 5.69. The molecule has 0 spiro atoms. The number of anilines is 1. The van der Waals surface area contributed by atoms with Crippen molar-refractivity contribution in [1.82, 2.24) is 9.80 Å². The van der Waals surface area contributed by atoms with E-state index in [-0.39, 0.29) is 11.8 Å². The minimum atomic E-state index is -0.0491. The summed E-state index contributed by atoms with van der Waals surface area (Å²) in [6, 6.07) is 13.4. The minimum Gasteiger partial charge on any atom is -0.493 e. The lowest BCUT2D eigenvalue weighted by Gasteiger charge is -2.33. The molecule has 0 radical (unpaired) electrons. The standard InChI is InChI=1S/C27H33N3O4/c1-4-18-34-24-12-10-21(19-25(24)33-3)11-13-27(32)30-16-14-29(15-17-30)20-26(31)28-23-9-7-6-8-22(23)5-2/h4,6-13,19H,1,5,14-18,20H2,2-3H3,(H,28,31)/b13-11+. The van der Waals surface area contributed by atoms with Gasteiger partial charge in [-0.15, -0.1) is 0 Å². The van der Waals surface area contributed by atoms with Gasteiger partial charge in [-0.25, -0.2) is 0 Å². The van der Waals surface area contributed by atoms with Crippen LogP contribution in [0.25, 0.3) is 6.08 Å². The predicted molar refractivity (Wildman–Crippen MR) is 135 cm³/mol. The summed E-state index contributed by atoms with van der Waals surface area (Å²) in [5.74, 6) is 1.15. The number of hydrogen-bond donors (Lipinski definition) is 1. The van der Waals surface area contributed by atoms with Crippen LogP contribution in [0.3, 0.4) is 0 Å². The van der Waals surface area contributed by atoms with Gasteiger partial charge < -0.3 is 19.7 Å². The molecule has 2 amide bonds. The van der Waals surface area contributed by atoms with E-state index in [1.165, 1.54) is 0 Å². The van der Waals surface area contributed by atoms with Gasteiger partial charge in [-0.1, -0.05) is 43.8 Å². The van der Waals surface area contributed by atoms with E-state index in [2.05, 4.69) is 23.7 Å². The molecule has 3 rings (SSSR count). The molecule has 0 aliphatic carbocycles. The Kier molecular flexibility index (Phi) is 9.29. The molecule has 1 fully saturated rings. The van der Waals surface area contributed by atoms with Crippen LogP contribution in [0.15, 0.2) is 61.2 Å². The zero-order valence-electron chi connectivity index (χ0n) is 20.0. The normalized spacial score (nSPS) is 14.1. The topological polar surface area (TPSA) is 71.1 Å². The first kappa shape index (κ1) is 25.1. The van der Waals surface area contributed by atoms with Crippen LogP contribution in [0.1, 0.15) is 18.1 Å². The van der Waals surface area contributed by atoms with Crippen molar-refractivity contribution < 1.29 is 19.1 Å². The van der Waals surface area contributed by atoms with Gasteiger partial charge in [0.1, 0.15) is 6.61 Å². The van der Waals surface area contributed by atoms with Crippen molar-refractivity contribution in [3.8, 4) is 11.5 Å². The second kappa shape index (κ2) is 12.6.